The maximum atomic E-state index is 9.04. The first-order chi connectivity index (χ1) is 11.3. The van der Waals surface area contributed by atoms with E-state index in [1.807, 2.05) is 12.1 Å². The van der Waals surface area contributed by atoms with Gasteiger partial charge in [-0.3, -0.25) is 0 Å². The summed E-state index contributed by atoms with van der Waals surface area (Å²) in [6.45, 7) is 0.975. The molecule has 0 amide bonds. The van der Waals surface area contributed by atoms with Crippen LogP contribution in [0.3, 0.4) is 0 Å². The van der Waals surface area contributed by atoms with Gasteiger partial charge in [-0.2, -0.15) is 5.26 Å². The molecule has 0 unspecified atom stereocenters. The number of nitriles is 1. The van der Waals surface area contributed by atoms with Crippen molar-refractivity contribution in [3.63, 3.8) is 0 Å². The molecule has 5 heteroatoms. The molecule has 1 aliphatic rings. The van der Waals surface area contributed by atoms with E-state index >= 15 is 0 Å². The molecule has 2 heterocycles. The summed E-state index contributed by atoms with van der Waals surface area (Å²) in [6, 6.07) is 12.5. The van der Waals surface area contributed by atoms with Gasteiger partial charge in [0.05, 0.1) is 7.11 Å². The van der Waals surface area contributed by atoms with E-state index in [0.29, 0.717) is 11.7 Å². The molecule has 0 spiro atoms. The average Bonchev–Trinajstić information content (AvgIpc) is 2.63. The van der Waals surface area contributed by atoms with Crippen LogP contribution in [0, 0.1) is 11.3 Å². The van der Waals surface area contributed by atoms with Crippen LogP contribution in [0.1, 0.15) is 30.5 Å². The van der Waals surface area contributed by atoms with E-state index in [0.717, 1.165) is 37.4 Å². The largest absolute Gasteiger partial charge is 0.497 e. The van der Waals surface area contributed by atoms with Crippen LogP contribution >= 0.6 is 0 Å². The van der Waals surface area contributed by atoms with Crippen molar-refractivity contribution in [2.45, 2.75) is 31.7 Å². The molecule has 0 radical (unpaired) electrons. The molecular formula is C18H20N4O. The van der Waals surface area contributed by atoms with Crippen molar-refractivity contribution in [3.05, 3.63) is 47.9 Å². The zero-order valence-corrected chi connectivity index (χ0v) is 13.3. The maximum absolute atomic E-state index is 9.04. The lowest BCUT2D eigenvalue weighted by molar-refractivity contribution is 0.414. The normalized spacial score (nSPS) is 17.6. The molecule has 1 atom stereocenters. The molecule has 5 nitrogen and oxygen atoms in total. The van der Waals surface area contributed by atoms with Crippen molar-refractivity contribution < 1.29 is 4.74 Å². The molecule has 23 heavy (non-hydrogen) atoms. The van der Waals surface area contributed by atoms with Gasteiger partial charge in [-0.15, -0.1) is 0 Å². The lowest BCUT2D eigenvalue weighted by atomic mass is 9.95. The van der Waals surface area contributed by atoms with Crippen molar-refractivity contribution >= 4 is 5.82 Å². The van der Waals surface area contributed by atoms with Gasteiger partial charge in [-0.1, -0.05) is 12.1 Å². The number of methoxy groups -OCH3 is 1. The van der Waals surface area contributed by atoms with Crippen LogP contribution in [0.2, 0.25) is 0 Å². The molecular weight excluding hydrogens is 288 g/mol. The first-order valence-electron chi connectivity index (χ1n) is 7.92. The molecule has 118 valence electrons. The monoisotopic (exact) mass is 308 g/mol. The summed E-state index contributed by atoms with van der Waals surface area (Å²) < 4.78 is 5.22. The van der Waals surface area contributed by atoms with Crippen LogP contribution in [0.5, 0.6) is 5.75 Å². The fourth-order valence-electron chi connectivity index (χ4n) is 3.11. The minimum Gasteiger partial charge on any atom is -0.497 e. The summed E-state index contributed by atoms with van der Waals surface area (Å²) >= 11 is 0. The molecule has 0 bridgehead atoms. The first kappa shape index (κ1) is 15.3. The Morgan fingerprint density at radius 2 is 2.09 bits per heavy atom. The second-order valence-electron chi connectivity index (χ2n) is 5.77. The third-order valence-electron chi connectivity index (χ3n) is 4.32. The predicted molar refractivity (Wildman–Crippen MR) is 88.4 cm³/mol. The highest BCUT2D eigenvalue weighted by molar-refractivity contribution is 5.44. The Morgan fingerprint density at radius 3 is 2.83 bits per heavy atom. The smallest absolute Gasteiger partial charge is 0.145 e. The second-order valence-corrected chi connectivity index (χ2v) is 5.77. The zero-order valence-electron chi connectivity index (χ0n) is 13.3. The summed E-state index contributed by atoms with van der Waals surface area (Å²) in [6.07, 6.45) is 5.97. The van der Waals surface area contributed by atoms with E-state index in [1.54, 1.807) is 13.2 Å². The van der Waals surface area contributed by atoms with E-state index in [2.05, 4.69) is 33.1 Å². The third-order valence-corrected chi connectivity index (χ3v) is 4.32. The van der Waals surface area contributed by atoms with Crippen LogP contribution in [0.15, 0.2) is 36.7 Å². The predicted octanol–water partition coefficient (Wildman–Crippen LogP) is 2.96. The number of aromatic nitrogens is 2. The SMILES string of the molecule is COc1ccc(C[C@@H]2CCCCN2c2cc(C#N)ncn2)cc1. The Morgan fingerprint density at radius 1 is 1.26 bits per heavy atom. The molecule has 1 aromatic carbocycles. The maximum Gasteiger partial charge on any atom is 0.145 e. The van der Waals surface area contributed by atoms with E-state index < -0.39 is 0 Å². The van der Waals surface area contributed by atoms with E-state index in [4.69, 9.17) is 10.00 Å². The number of piperidine rings is 1. The van der Waals surface area contributed by atoms with Crippen LogP contribution in [0.4, 0.5) is 5.82 Å². The Hall–Kier alpha value is -2.61. The molecule has 0 N–H and O–H groups in total. The summed E-state index contributed by atoms with van der Waals surface area (Å²) in [5.41, 5.74) is 1.71. The number of hydrogen-bond acceptors (Lipinski definition) is 5. The number of nitrogens with zero attached hydrogens (tertiary/aromatic N) is 4. The van der Waals surface area contributed by atoms with Crippen molar-refractivity contribution in [2.24, 2.45) is 0 Å². The Balaban J connectivity index is 1.79. The van der Waals surface area contributed by atoms with Gasteiger partial charge < -0.3 is 9.64 Å². The standard InChI is InChI=1S/C18H20N4O/c1-23-17-7-5-14(6-8-17)10-16-4-2-3-9-22(16)18-11-15(12-19)20-13-21-18/h5-8,11,13,16H,2-4,9-10H2,1H3/t16-/m0/s1. The Kier molecular flexibility index (Phi) is 4.72. The van der Waals surface area contributed by atoms with Crippen molar-refractivity contribution in [1.29, 1.82) is 5.26 Å². The quantitative estimate of drug-likeness (QED) is 0.869. The molecule has 0 aliphatic carbocycles. The number of ether oxygens (including phenoxy) is 1. The van der Waals surface area contributed by atoms with Crippen LogP contribution in [-0.4, -0.2) is 29.7 Å². The zero-order chi connectivity index (χ0) is 16.1. The average molecular weight is 308 g/mol. The number of hydrogen-bond donors (Lipinski definition) is 0. The lowest BCUT2D eigenvalue weighted by Gasteiger charge is -2.36. The lowest BCUT2D eigenvalue weighted by Crippen LogP contribution is -2.41. The van der Waals surface area contributed by atoms with Crippen LogP contribution in [0.25, 0.3) is 0 Å². The van der Waals surface area contributed by atoms with Gasteiger partial charge in [-0.05, 0) is 43.4 Å². The third kappa shape index (κ3) is 3.59. The summed E-state index contributed by atoms with van der Waals surface area (Å²) in [5, 5.41) is 9.04. The number of rotatable bonds is 4. The molecule has 2 aromatic rings. The van der Waals surface area contributed by atoms with Gasteiger partial charge in [0.2, 0.25) is 0 Å². The van der Waals surface area contributed by atoms with Gasteiger partial charge in [-0.25, -0.2) is 9.97 Å². The van der Waals surface area contributed by atoms with Gasteiger partial charge >= 0.3 is 0 Å². The molecule has 3 rings (SSSR count). The molecule has 1 aliphatic heterocycles. The van der Waals surface area contributed by atoms with E-state index in [-0.39, 0.29) is 0 Å². The molecule has 1 saturated heterocycles. The summed E-state index contributed by atoms with van der Waals surface area (Å²) in [5.74, 6) is 1.73. The van der Waals surface area contributed by atoms with Crippen molar-refractivity contribution in [2.75, 3.05) is 18.6 Å². The summed E-state index contributed by atoms with van der Waals surface area (Å²) in [7, 11) is 1.68. The van der Waals surface area contributed by atoms with E-state index in [1.165, 1.54) is 18.3 Å². The second kappa shape index (κ2) is 7.10. The summed E-state index contributed by atoms with van der Waals surface area (Å²) in [4.78, 5) is 10.7. The molecule has 1 aromatic heterocycles. The minimum atomic E-state index is 0.401. The number of benzene rings is 1. The Bertz CT molecular complexity index is 693. The van der Waals surface area contributed by atoms with Crippen molar-refractivity contribution in [1.82, 2.24) is 9.97 Å². The van der Waals surface area contributed by atoms with Gasteiger partial charge in [0, 0.05) is 18.7 Å². The molecule has 0 saturated carbocycles. The highest BCUT2D eigenvalue weighted by atomic mass is 16.5. The Labute approximate surface area is 136 Å². The van der Waals surface area contributed by atoms with Gasteiger partial charge in [0.25, 0.3) is 0 Å². The van der Waals surface area contributed by atoms with E-state index in [9.17, 15) is 0 Å². The fraction of sp³-hybridized carbons (Fsp3) is 0.389. The van der Waals surface area contributed by atoms with Crippen LogP contribution < -0.4 is 9.64 Å². The van der Waals surface area contributed by atoms with Gasteiger partial charge in [0.1, 0.15) is 29.7 Å². The van der Waals surface area contributed by atoms with Crippen molar-refractivity contribution in [3.8, 4) is 11.8 Å². The van der Waals surface area contributed by atoms with Crippen LogP contribution in [-0.2, 0) is 6.42 Å². The molecule has 1 fully saturated rings. The highest BCUT2D eigenvalue weighted by Crippen LogP contribution is 2.26. The number of anilines is 1. The topological polar surface area (TPSA) is 62.0 Å². The minimum absolute atomic E-state index is 0.401. The highest BCUT2D eigenvalue weighted by Gasteiger charge is 2.24. The first-order valence-corrected chi connectivity index (χ1v) is 7.92. The van der Waals surface area contributed by atoms with Gasteiger partial charge in [0.15, 0.2) is 0 Å². The fourth-order valence-corrected chi connectivity index (χ4v) is 3.11.